The number of carbonyl (C=O) groups is 2. The van der Waals surface area contributed by atoms with Gasteiger partial charge in [-0.1, -0.05) is 41.1 Å². The minimum Gasteiger partial charge on any atom is -0.355 e. The van der Waals surface area contributed by atoms with E-state index in [0.29, 0.717) is 11.4 Å². The molecule has 6 nitrogen and oxygen atoms in total. The number of carbonyl (C=O) groups excluding carboxylic acids is 2. The summed E-state index contributed by atoms with van der Waals surface area (Å²) in [5.41, 5.74) is 5.09. The lowest BCUT2D eigenvalue weighted by atomic mass is 10.1. The second kappa shape index (κ2) is 8.08. The first-order valence-electron chi connectivity index (χ1n) is 9.00. The summed E-state index contributed by atoms with van der Waals surface area (Å²) in [5, 5.41) is 6.66. The predicted molar refractivity (Wildman–Crippen MR) is 108 cm³/mol. The number of rotatable bonds is 5. The molecule has 3 rings (SSSR count). The Morgan fingerprint density at radius 2 is 1.71 bits per heavy atom. The van der Waals surface area contributed by atoms with Crippen LogP contribution >= 0.6 is 0 Å². The number of aromatic nitrogens is 1. The molecule has 1 aromatic heterocycles. The number of likely N-dealkylation sites (N-methyl/N-ethyl adjacent to an activating group) is 1. The summed E-state index contributed by atoms with van der Waals surface area (Å²) < 4.78 is 5.29. The van der Waals surface area contributed by atoms with Crippen LogP contribution < -0.4 is 5.32 Å². The van der Waals surface area contributed by atoms with E-state index in [-0.39, 0.29) is 24.1 Å². The van der Waals surface area contributed by atoms with E-state index in [1.165, 1.54) is 4.90 Å². The highest BCUT2D eigenvalue weighted by molar-refractivity contribution is 5.98. The summed E-state index contributed by atoms with van der Waals surface area (Å²) in [4.78, 5) is 26.1. The monoisotopic (exact) mass is 377 g/mol. The Morgan fingerprint density at radius 3 is 2.39 bits per heavy atom. The lowest BCUT2D eigenvalue weighted by molar-refractivity contribution is -0.116. The number of anilines is 1. The molecule has 0 unspecified atom stereocenters. The maximum Gasteiger partial charge on any atom is 0.276 e. The second-order valence-electron chi connectivity index (χ2n) is 6.95. The molecule has 0 bridgehead atoms. The predicted octanol–water partition coefficient (Wildman–Crippen LogP) is 3.98. The van der Waals surface area contributed by atoms with Gasteiger partial charge in [0.05, 0.1) is 6.54 Å². The van der Waals surface area contributed by atoms with Crippen LogP contribution in [-0.4, -0.2) is 35.5 Å². The van der Waals surface area contributed by atoms with Gasteiger partial charge in [0.15, 0.2) is 11.5 Å². The van der Waals surface area contributed by atoms with Crippen molar-refractivity contribution in [3.63, 3.8) is 0 Å². The van der Waals surface area contributed by atoms with Crippen LogP contribution in [0.5, 0.6) is 0 Å². The number of nitrogens with zero attached hydrogens (tertiary/aromatic N) is 2. The minimum absolute atomic E-state index is 0.0848. The normalized spacial score (nSPS) is 10.6. The summed E-state index contributed by atoms with van der Waals surface area (Å²) in [5.74, 6) is -0.143. The standard InChI is InChI=1S/C22H23N3O3/c1-14-5-8-17(9-6-14)20-12-19(24-28-20)22(27)25(4)13-21(26)23-18-10-7-15(2)16(3)11-18/h5-12H,13H2,1-4H3,(H,23,26). The van der Waals surface area contributed by atoms with Crippen molar-refractivity contribution in [3.05, 3.63) is 70.9 Å². The van der Waals surface area contributed by atoms with Crippen LogP contribution in [0.1, 0.15) is 27.2 Å². The van der Waals surface area contributed by atoms with Crippen LogP contribution in [0, 0.1) is 20.8 Å². The lowest BCUT2D eigenvalue weighted by Crippen LogP contribution is -2.35. The first-order chi connectivity index (χ1) is 13.3. The molecule has 28 heavy (non-hydrogen) atoms. The van der Waals surface area contributed by atoms with Crippen LogP contribution in [0.15, 0.2) is 53.1 Å². The van der Waals surface area contributed by atoms with Gasteiger partial charge in [0.1, 0.15) is 0 Å². The third-order valence-electron chi connectivity index (χ3n) is 4.58. The van der Waals surface area contributed by atoms with Gasteiger partial charge in [0.2, 0.25) is 5.91 Å². The first kappa shape index (κ1) is 19.4. The van der Waals surface area contributed by atoms with E-state index in [1.54, 1.807) is 13.1 Å². The van der Waals surface area contributed by atoms with E-state index >= 15 is 0 Å². The summed E-state index contributed by atoms with van der Waals surface area (Å²) in [6, 6.07) is 15.0. The molecule has 0 aliphatic carbocycles. The van der Waals surface area contributed by atoms with Crippen LogP contribution in [0.3, 0.4) is 0 Å². The Morgan fingerprint density at radius 1 is 1.00 bits per heavy atom. The summed E-state index contributed by atoms with van der Waals surface area (Å²) >= 11 is 0. The van der Waals surface area contributed by atoms with Gasteiger partial charge in [0, 0.05) is 24.4 Å². The molecule has 1 N–H and O–H groups in total. The maximum absolute atomic E-state index is 12.6. The fourth-order valence-electron chi connectivity index (χ4n) is 2.73. The number of amides is 2. The molecule has 0 radical (unpaired) electrons. The number of hydrogen-bond donors (Lipinski definition) is 1. The van der Waals surface area contributed by atoms with Crippen molar-refractivity contribution in [1.29, 1.82) is 0 Å². The molecule has 0 aliphatic heterocycles. The third kappa shape index (κ3) is 4.46. The van der Waals surface area contributed by atoms with Gasteiger partial charge in [-0.15, -0.1) is 0 Å². The molecule has 144 valence electrons. The van der Waals surface area contributed by atoms with Gasteiger partial charge in [-0.05, 0) is 44.0 Å². The van der Waals surface area contributed by atoms with Gasteiger partial charge in [0.25, 0.3) is 5.91 Å². The van der Waals surface area contributed by atoms with E-state index in [4.69, 9.17) is 4.52 Å². The fourth-order valence-corrected chi connectivity index (χ4v) is 2.73. The summed E-state index contributed by atoms with van der Waals surface area (Å²) in [7, 11) is 1.56. The first-order valence-corrected chi connectivity index (χ1v) is 9.00. The Kier molecular flexibility index (Phi) is 5.59. The minimum atomic E-state index is -0.377. The van der Waals surface area contributed by atoms with Gasteiger partial charge >= 0.3 is 0 Å². The molecule has 2 aromatic carbocycles. The molecule has 0 aliphatic rings. The number of nitrogens with one attached hydrogen (secondary N) is 1. The van der Waals surface area contributed by atoms with Crippen molar-refractivity contribution in [2.45, 2.75) is 20.8 Å². The van der Waals surface area contributed by atoms with Gasteiger partial charge in [-0.25, -0.2) is 0 Å². The zero-order valence-electron chi connectivity index (χ0n) is 16.4. The average Bonchev–Trinajstić information content (AvgIpc) is 3.14. The van der Waals surface area contributed by atoms with E-state index in [1.807, 2.05) is 63.2 Å². The lowest BCUT2D eigenvalue weighted by Gasteiger charge is -2.15. The van der Waals surface area contributed by atoms with Crippen LogP contribution in [0.4, 0.5) is 5.69 Å². The maximum atomic E-state index is 12.6. The zero-order chi connectivity index (χ0) is 20.3. The number of aryl methyl sites for hydroxylation is 3. The summed E-state index contributed by atoms with van der Waals surface area (Å²) in [6.45, 7) is 5.91. The van der Waals surface area contributed by atoms with E-state index in [2.05, 4.69) is 10.5 Å². The van der Waals surface area contributed by atoms with Crippen molar-refractivity contribution in [2.24, 2.45) is 0 Å². The molecule has 0 atom stereocenters. The molecule has 2 amide bonds. The van der Waals surface area contributed by atoms with Gasteiger partial charge in [-0.2, -0.15) is 0 Å². The van der Waals surface area contributed by atoms with Crippen LogP contribution in [-0.2, 0) is 4.79 Å². The molecule has 3 aromatic rings. The van der Waals surface area contributed by atoms with Gasteiger partial charge in [-0.3, -0.25) is 9.59 Å². The zero-order valence-corrected chi connectivity index (χ0v) is 16.4. The van der Waals surface area contributed by atoms with E-state index in [0.717, 1.165) is 22.3 Å². The quantitative estimate of drug-likeness (QED) is 0.730. The highest BCUT2D eigenvalue weighted by Crippen LogP contribution is 2.21. The Labute approximate surface area is 164 Å². The van der Waals surface area contributed by atoms with Crippen molar-refractivity contribution in [1.82, 2.24) is 10.1 Å². The van der Waals surface area contributed by atoms with Crippen molar-refractivity contribution >= 4 is 17.5 Å². The Hall–Kier alpha value is -3.41. The third-order valence-corrected chi connectivity index (χ3v) is 4.58. The smallest absolute Gasteiger partial charge is 0.276 e. The molecule has 0 fully saturated rings. The highest BCUT2D eigenvalue weighted by Gasteiger charge is 2.19. The molecule has 0 saturated heterocycles. The number of hydrogen-bond acceptors (Lipinski definition) is 4. The van der Waals surface area contributed by atoms with E-state index < -0.39 is 0 Å². The Balaban J connectivity index is 1.63. The largest absolute Gasteiger partial charge is 0.355 e. The van der Waals surface area contributed by atoms with Crippen molar-refractivity contribution in [2.75, 3.05) is 18.9 Å². The van der Waals surface area contributed by atoms with Crippen molar-refractivity contribution in [3.8, 4) is 11.3 Å². The van der Waals surface area contributed by atoms with Crippen molar-refractivity contribution < 1.29 is 14.1 Å². The molecule has 0 spiro atoms. The topological polar surface area (TPSA) is 75.4 Å². The highest BCUT2D eigenvalue weighted by atomic mass is 16.5. The number of benzene rings is 2. The van der Waals surface area contributed by atoms with Gasteiger partial charge < -0.3 is 14.7 Å². The summed E-state index contributed by atoms with van der Waals surface area (Å²) in [6.07, 6.45) is 0. The Bertz CT molecular complexity index is 1010. The van der Waals surface area contributed by atoms with Crippen LogP contribution in [0.25, 0.3) is 11.3 Å². The SMILES string of the molecule is Cc1ccc(-c2cc(C(=O)N(C)CC(=O)Nc3ccc(C)c(C)c3)no2)cc1. The van der Waals surface area contributed by atoms with E-state index in [9.17, 15) is 9.59 Å². The molecule has 6 heteroatoms. The molecular weight excluding hydrogens is 354 g/mol. The molecular formula is C22H23N3O3. The fraction of sp³-hybridized carbons (Fsp3) is 0.227. The molecule has 1 heterocycles. The second-order valence-corrected chi connectivity index (χ2v) is 6.95. The average molecular weight is 377 g/mol. The van der Waals surface area contributed by atoms with Crippen LogP contribution in [0.2, 0.25) is 0 Å². The molecule has 0 saturated carbocycles.